The molecule has 2 aliphatic carbocycles. The van der Waals surface area contributed by atoms with E-state index in [0.29, 0.717) is 18.9 Å². The Kier molecular flexibility index (Phi) is 11.8. The monoisotopic (exact) mass is 662 g/mol. The molecular formula is C37H46N2O7S. The van der Waals surface area contributed by atoms with Crippen LogP contribution in [0.2, 0.25) is 0 Å². The van der Waals surface area contributed by atoms with Crippen LogP contribution in [-0.2, 0) is 42.3 Å². The molecule has 2 atom stereocenters. The van der Waals surface area contributed by atoms with Crippen LogP contribution < -0.4 is 10.5 Å². The Hall–Kier alpha value is -3.57. The summed E-state index contributed by atoms with van der Waals surface area (Å²) in [6.45, 7) is 0.411. The molecule has 0 spiro atoms. The molecule has 3 aromatic carbocycles. The highest BCUT2D eigenvalue weighted by Crippen LogP contribution is 2.43. The van der Waals surface area contributed by atoms with Crippen molar-refractivity contribution in [3.8, 4) is 5.75 Å². The Morgan fingerprint density at radius 3 is 2.19 bits per heavy atom. The summed E-state index contributed by atoms with van der Waals surface area (Å²) in [4.78, 5) is 25.2. The van der Waals surface area contributed by atoms with E-state index in [9.17, 15) is 18.0 Å². The number of Topliss-reactive ketones (excluding diaryl/α,β-unsaturated/α-hetero) is 1. The Morgan fingerprint density at radius 2 is 1.53 bits per heavy atom. The summed E-state index contributed by atoms with van der Waals surface area (Å²) < 4.78 is 45.7. The molecule has 9 nitrogen and oxygen atoms in total. The number of ether oxygens (including phenoxy) is 3. The number of carbonyl (C=O) groups excluding carboxylic acids is 2. The summed E-state index contributed by atoms with van der Waals surface area (Å²) in [6.07, 6.45) is 4.25. The number of carbonyl (C=O) groups is 2. The van der Waals surface area contributed by atoms with E-state index in [4.69, 9.17) is 19.9 Å². The number of nitrogens with zero attached hydrogens (tertiary/aromatic N) is 1. The van der Waals surface area contributed by atoms with Crippen LogP contribution in [-0.4, -0.2) is 62.6 Å². The van der Waals surface area contributed by atoms with Gasteiger partial charge < -0.3 is 19.9 Å². The molecule has 2 saturated carbocycles. The van der Waals surface area contributed by atoms with Crippen molar-refractivity contribution < 1.29 is 32.2 Å². The molecule has 2 N–H and O–H groups in total. The van der Waals surface area contributed by atoms with E-state index in [-0.39, 0.29) is 51.1 Å². The van der Waals surface area contributed by atoms with Crippen LogP contribution in [0, 0.1) is 5.41 Å². The quantitative estimate of drug-likeness (QED) is 0.218. The van der Waals surface area contributed by atoms with E-state index < -0.39 is 26.6 Å². The smallest absolute Gasteiger partial charge is 0.226 e. The van der Waals surface area contributed by atoms with Gasteiger partial charge in [-0.3, -0.25) is 9.59 Å². The van der Waals surface area contributed by atoms with Gasteiger partial charge in [-0.15, -0.1) is 0 Å². The highest BCUT2D eigenvalue weighted by molar-refractivity contribution is 7.89. The number of benzene rings is 3. The standard InChI is InChI=1S/C37H46N2O7S/c1-39(23-32(40)26-44-24-28-9-4-2-5-10-28)47(42,43)35-19-20-37(22-35,36(38)41)27-46-33-17-15-30(16-18-33)31-13-8-14-34(21-31)45-25-29-11-6-3-7-12-29/h2-14,21,30,33,35H,15-20,22-27H2,1H3,(H2,38,41). The van der Waals surface area contributed by atoms with Crippen molar-refractivity contribution >= 4 is 21.7 Å². The van der Waals surface area contributed by atoms with Crippen molar-refractivity contribution in [2.24, 2.45) is 11.1 Å². The number of likely N-dealkylation sites (N-methyl/N-ethyl adjacent to an activating group) is 1. The Labute approximate surface area is 278 Å². The van der Waals surface area contributed by atoms with Crippen LogP contribution in [0.1, 0.15) is 67.6 Å². The number of amides is 1. The number of hydrogen-bond donors (Lipinski definition) is 1. The normalized spacial score (nSPS) is 23.1. The third kappa shape index (κ3) is 9.28. The van der Waals surface area contributed by atoms with Crippen molar-refractivity contribution in [1.29, 1.82) is 0 Å². The van der Waals surface area contributed by atoms with Crippen LogP contribution in [0.3, 0.4) is 0 Å². The summed E-state index contributed by atoms with van der Waals surface area (Å²) in [5.74, 6) is 0.370. The molecule has 3 aromatic rings. The minimum atomic E-state index is -3.84. The molecule has 2 aliphatic rings. The number of hydrogen-bond acceptors (Lipinski definition) is 7. The van der Waals surface area contributed by atoms with Crippen molar-refractivity contribution in [2.45, 2.75) is 75.4 Å². The highest BCUT2D eigenvalue weighted by atomic mass is 32.2. The van der Waals surface area contributed by atoms with Crippen LogP contribution in [0.4, 0.5) is 0 Å². The van der Waals surface area contributed by atoms with Gasteiger partial charge in [-0.25, -0.2) is 8.42 Å². The minimum Gasteiger partial charge on any atom is -0.489 e. The Balaban J connectivity index is 1.08. The van der Waals surface area contributed by atoms with Crippen LogP contribution >= 0.6 is 0 Å². The average molecular weight is 663 g/mol. The lowest BCUT2D eigenvalue weighted by molar-refractivity contribution is -0.133. The van der Waals surface area contributed by atoms with Crippen LogP contribution in [0.25, 0.3) is 0 Å². The van der Waals surface area contributed by atoms with Gasteiger partial charge in [-0.2, -0.15) is 4.31 Å². The third-order valence-corrected chi connectivity index (χ3v) is 11.8. The molecule has 0 bridgehead atoms. The predicted octanol–water partition coefficient (Wildman–Crippen LogP) is 5.38. The second-order valence-electron chi connectivity index (χ2n) is 13.0. The fourth-order valence-electron chi connectivity index (χ4n) is 6.69. The lowest BCUT2D eigenvalue weighted by Gasteiger charge is -2.33. The summed E-state index contributed by atoms with van der Waals surface area (Å²) in [5, 5.41) is -0.811. The highest BCUT2D eigenvalue weighted by Gasteiger charge is 2.50. The lowest BCUT2D eigenvalue weighted by Crippen LogP contribution is -2.43. The van der Waals surface area contributed by atoms with Crippen molar-refractivity contribution in [3.05, 3.63) is 102 Å². The van der Waals surface area contributed by atoms with Crippen molar-refractivity contribution in [3.63, 3.8) is 0 Å². The maximum atomic E-state index is 13.4. The van der Waals surface area contributed by atoms with Gasteiger partial charge in [0.2, 0.25) is 15.9 Å². The summed E-state index contributed by atoms with van der Waals surface area (Å²) in [6, 6.07) is 27.8. The maximum absolute atomic E-state index is 13.4. The number of rotatable bonds is 16. The first kappa shape index (κ1) is 34.8. The fourth-order valence-corrected chi connectivity index (χ4v) is 8.47. The molecular weight excluding hydrogens is 616 g/mol. The molecule has 0 aromatic heterocycles. The SMILES string of the molecule is CN(CC(=O)COCc1ccccc1)S(=O)(=O)C1CCC(COC2CCC(c3cccc(OCc4ccccc4)c3)CC2)(C(N)=O)C1. The van der Waals surface area contributed by atoms with E-state index in [1.807, 2.05) is 72.8 Å². The van der Waals surface area contributed by atoms with E-state index in [1.165, 1.54) is 12.6 Å². The van der Waals surface area contributed by atoms with Crippen molar-refractivity contribution in [1.82, 2.24) is 4.31 Å². The van der Waals surface area contributed by atoms with Gasteiger partial charge in [0.25, 0.3) is 0 Å². The van der Waals surface area contributed by atoms with E-state index in [0.717, 1.165) is 46.9 Å². The van der Waals surface area contributed by atoms with Gasteiger partial charge in [0, 0.05) is 7.05 Å². The zero-order valence-corrected chi connectivity index (χ0v) is 27.9. The van der Waals surface area contributed by atoms with E-state index in [1.54, 1.807) is 0 Å². The fraction of sp³-hybridized carbons (Fsp3) is 0.459. The molecule has 0 radical (unpaired) electrons. The van der Waals surface area contributed by atoms with Crippen LogP contribution in [0.15, 0.2) is 84.9 Å². The number of primary amides is 1. The van der Waals surface area contributed by atoms with Crippen molar-refractivity contribution in [2.75, 3.05) is 26.8 Å². The van der Waals surface area contributed by atoms with Gasteiger partial charge in [-0.1, -0.05) is 72.8 Å². The summed E-state index contributed by atoms with van der Waals surface area (Å²) in [5.41, 5.74) is 8.13. The predicted molar refractivity (Wildman–Crippen MR) is 180 cm³/mol. The molecule has 2 fully saturated rings. The third-order valence-electron chi connectivity index (χ3n) is 9.56. The molecule has 0 aliphatic heterocycles. The molecule has 0 saturated heterocycles. The molecule has 10 heteroatoms. The second kappa shape index (κ2) is 16.0. The van der Waals surface area contributed by atoms with E-state index in [2.05, 4.69) is 12.1 Å². The Morgan fingerprint density at radius 1 is 0.872 bits per heavy atom. The van der Waals surface area contributed by atoms with Gasteiger partial charge in [0.1, 0.15) is 19.0 Å². The molecule has 1 amide bonds. The molecule has 2 unspecified atom stereocenters. The summed E-state index contributed by atoms with van der Waals surface area (Å²) in [7, 11) is -2.44. The molecule has 47 heavy (non-hydrogen) atoms. The first-order valence-electron chi connectivity index (χ1n) is 16.4. The number of sulfonamides is 1. The largest absolute Gasteiger partial charge is 0.489 e. The lowest BCUT2D eigenvalue weighted by atomic mass is 9.82. The number of ketones is 1. The minimum absolute atomic E-state index is 0.0215. The molecule has 252 valence electrons. The Bertz CT molecular complexity index is 1580. The van der Waals surface area contributed by atoms with Gasteiger partial charge in [-0.05, 0) is 79.7 Å². The molecule has 0 heterocycles. The molecule has 5 rings (SSSR count). The zero-order valence-electron chi connectivity index (χ0n) is 27.1. The summed E-state index contributed by atoms with van der Waals surface area (Å²) >= 11 is 0. The topological polar surface area (TPSA) is 125 Å². The number of nitrogens with two attached hydrogens (primary N) is 1. The van der Waals surface area contributed by atoms with Gasteiger partial charge in [0.05, 0.1) is 36.5 Å². The van der Waals surface area contributed by atoms with Gasteiger partial charge >= 0.3 is 0 Å². The zero-order chi connectivity index (χ0) is 33.3. The van der Waals surface area contributed by atoms with Crippen LogP contribution in [0.5, 0.6) is 5.75 Å². The van der Waals surface area contributed by atoms with Gasteiger partial charge in [0.15, 0.2) is 5.78 Å². The second-order valence-corrected chi connectivity index (χ2v) is 15.3. The first-order chi connectivity index (χ1) is 22.6. The first-order valence-corrected chi connectivity index (χ1v) is 17.9. The van der Waals surface area contributed by atoms with E-state index >= 15 is 0 Å². The maximum Gasteiger partial charge on any atom is 0.226 e. The average Bonchev–Trinajstić information content (AvgIpc) is 3.55.